The molecular formula is C36H44N6O7. The Hall–Kier alpha value is -5.24. The van der Waals surface area contributed by atoms with E-state index in [1.807, 2.05) is 64.5 Å². The second kappa shape index (κ2) is 13.0. The van der Waals surface area contributed by atoms with Gasteiger partial charge in [0, 0.05) is 31.9 Å². The molecule has 13 nitrogen and oxygen atoms in total. The molecule has 0 fully saturated rings. The zero-order chi connectivity index (χ0) is 33.7. The van der Waals surface area contributed by atoms with Gasteiger partial charge in [-0.25, -0.2) is 0 Å². The lowest BCUT2D eigenvalue weighted by molar-refractivity contribution is -0.0387. The first-order valence-corrected chi connectivity index (χ1v) is 15.7. The van der Waals surface area contributed by atoms with Gasteiger partial charge >= 0.3 is 0 Å². The molecule has 0 aliphatic rings. The van der Waals surface area contributed by atoms with Crippen LogP contribution in [0.25, 0.3) is 33.4 Å². The SMILES string of the molecule is C.COCOCCOc1cc(-n2n3c4ccc(C)cc4n23)c(O)c(C(C)(C)C)c1.COCOc1ccc(O)c(-n2n3c4ccccc4n23)c1. The molecule has 0 saturated heterocycles. The molecule has 0 bridgehead atoms. The summed E-state index contributed by atoms with van der Waals surface area (Å²) in [6.45, 7) is 9.56. The minimum absolute atomic E-state index is 0. The third-order valence-corrected chi connectivity index (χ3v) is 8.18. The average molecular weight is 673 g/mol. The molecule has 8 aromatic rings. The molecule has 49 heavy (non-hydrogen) atoms. The molecule has 0 aliphatic heterocycles. The maximum absolute atomic E-state index is 11.0. The summed E-state index contributed by atoms with van der Waals surface area (Å²) in [6.07, 6.45) is 0. The predicted molar refractivity (Wildman–Crippen MR) is 187 cm³/mol. The monoisotopic (exact) mass is 672 g/mol. The van der Waals surface area contributed by atoms with Gasteiger partial charge in [-0.15, -0.1) is 28.1 Å². The van der Waals surface area contributed by atoms with Gasteiger partial charge in [0.05, 0.1) is 6.61 Å². The Labute approximate surface area is 283 Å². The summed E-state index contributed by atoms with van der Waals surface area (Å²) >= 11 is 0. The van der Waals surface area contributed by atoms with Crippen LogP contribution in [0.1, 0.15) is 39.3 Å². The molecule has 13 heteroatoms. The van der Waals surface area contributed by atoms with Crippen LogP contribution < -0.4 is 9.47 Å². The third kappa shape index (κ3) is 6.01. The van der Waals surface area contributed by atoms with E-state index in [0.717, 1.165) is 27.6 Å². The Morgan fingerprint density at radius 3 is 1.90 bits per heavy atom. The number of aryl methyl sites for hydroxylation is 1. The van der Waals surface area contributed by atoms with E-state index in [0.29, 0.717) is 36.1 Å². The van der Waals surface area contributed by atoms with Crippen molar-refractivity contribution >= 4 is 22.1 Å². The fraction of sp³-hybridized carbons (Fsp3) is 0.333. The van der Waals surface area contributed by atoms with E-state index in [9.17, 15) is 10.2 Å². The van der Waals surface area contributed by atoms with Crippen molar-refractivity contribution < 1.29 is 33.9 Å². The van der Waals surface area contributed by atoms with Crippen molar-refractivity contribution in [2.45, 2.75) is 40.5 Å². The molecule has 260 valence electrons. The summed E-state index contributed by atoms with van der Waals surface area (Å²) < 4.78 is 34.4. The Morgan fingerprint density at radius 2 is 1.24 bits per heavy atom. The molecule has 4 heterocycles. The van der Waals surface area contributed by atoms with Crippen molar-refractivity contribution in [3.63, 3.8) is 0 Å². The van der Waals surface area contributed by atoms with Crippen LogP contribution in [0.2, 0.25) is 0 Å². The first kappa shape index (κ1) is 33.7. The number of ether oxygens (including phenoxy) is 5. The lowest BCUT2D eigenvalue weighted by Crippen LogP contribution is -2.14. The van der Waals surface area contributed by atoms with Gasteiger partial charge in [-0.05, 0) is 60.4 Å². The van der Waals surface area contributed by atoms with Crippen molar-refractivity contribution in [3.05, 3.63) is 83.9 Å². The van der Waals surface area contributed by atoms with E-state index >= 15 is 0 Å². The molecule has 0 spiro atoms. The number of hydrogen-bond acceptors (Lipinski definition) is 7. The zero-order valence-corrected chi connectivity index (χ0v) is 27.9. The largest absolute Gasteiger partial charge is 0.506 e. The van der Waals surface area contributed by atoms with E-state index in [4.69, 9.17) is 23.7 Å². The quantitative estimate of drug-likeness (QED) is 0.120. The first-order chi connectivity index (χ1) is 23.1. The van der Waals surface area contributed by atoms with Gasteiger partial charge in [0.25, 0.3) is 0 Å². The van der Waals surface area contributed by atoms with E-state index in [2.05, 4.69) is 45.9 Å². The molecule has 0 radical (unpaired) electrons. The number of para-hydroxylation sites is 2. The van der Waals surface area contributed by atoms with Crippen molar-refractivity contribution in [3.8, 4) is 34.4 Å². The summed E-state index contributed by atoms with van der Waals surface area (Å²) in [5.41, 5.74) is 7.70. The van der Waals surface area contributed by atoms with Crippen LogP contribution in [0.5, 0.6) is 23.0 Å². The van der Waals surface area contributed by atoms with Crippen LogP contribution in [-0.2, 0) is 19.6 Å². The maximum atomic E-state index is 11.0. The summed E-state index contributed by atoms with van der Waals surface area (Å²) in [5, 5.41) is 21.0. The molecule has 8 rings (SSSR count). The number of benzene rings is 4. The van der Waals surface area contributed by atoms with Crippen molar-refractivity contribution in [1.29, 1.82) is 0 Å². The van der Waals surface area contributed by atoms with E-state index in [1.165, 1.54) is 5.56 Å². The van der Waals surface area contributed by atoms with Crippen LogP contribution in [-0.4, -0.2) is 79.3 Å². The number of rotatable bonds is 11. The lowest BCUT2D eigenvalue weighted by Gasteiger charge is -2.22. The summed E-state index contributed by atoms with van der Waals surface area (Å²) in [6, 6.07) is 23.3. The third-order valence-electron chi connectivity index (χ3n) is 8.18. The van der Waals surface area contributed by atoms with E-state index < -0.39 is 0 Å². The van der Waals surface area contributed by atoms with Crippen LogP contribution in [0.15, 0.2) is 72.8 Å². The highest BCUT2D eigenvalue weighted by molar-refractivity contribution is 5.81. The number of hydrogen-bond donors (Lipinski definition) is 2. The van der Waals surface area contributed by atoms with Crippen LogP contribution >= 0.6 is 0 Å². The van der Waals surface area contributed by atoms with Crippen molar-refractivity contribution in [2.75, 3.05) is 41.0 Å². The Kier molecular flexibility index (Phi) is 8.92. The van der Waals surface area contributed by atoms with Gasteiger partial charge in [-0.2, -0.15) is 0 Å². The number of nitrogens with zero attached hydrogens (tertiary/aromatic N) is 6. The Morgan fingerprint density at radius 1 is 0.633 bits per heavy atom. The molecule has 4 aromatic heterocycles. The molecule has 0 unspecified atom stereocenters. The minimum Gasteiger partial charge on any atom is -0.506 e. The van der Waals surface area contributed by atoms with Gasteiger partial charge in [0.2, 0.25) is 0 Å². The highest BCUT2D eigenvalue weighted by Gasteiger charge is 2.30. The van der Waals surface area contributed by atoms with Gasteiger partial charge < -0.3 is 33.9 Å². The number of methoxy groups -OCH3 is 2. The standard InChI is InChI=1S/C21H27N3O4.C14H13N3O3.CH4/c1-14-6-7-17-18(10-14)23-22(17)24(23)19-12-15(28-9-8-27-13-26-5)11-16(20(19)25)21(2,3)4;1-19-9-20-10-6-7-14(18)13(8-10)17-15-11-4-2-3-5-12(11)16(15)17;/h6-7,10-12,25H,8-9,13H2,1-5H3;2-8,18H,9H2,1H3;1H4. The van der Waals surface area contributed by atoms with Crippen LogP contribution in [0.3, 0.4) is 0 Å². The minimum atomic E-state index is -0.228. The maximum Gasteiger partial charge on any atom is 0.188 e. The molecule has 2 N–H and O–H groups in total. The highest BCUT2D eigenvalue weighted by atomic mass is 16.7. The van der Waals surface area contributed by atoms with Crippen LogP contribution in [0, 0.1) is 6.92 Å². The van der Waals surface area contributed by atoms with Gasteiger partial charge in [0.1, 0.15) is 69.8 Å². The van der Waals surface area contributed by atoms with Crippen molar-refractivity contribution in [2.24, 2.45) is 0 Å². The summed E-state index contributed by atoms with van der Waals surface area (Å²) in [4.78, 5) is 3.85. The summed E-state index contributed by atoms with van der Waals surface area (Å²) in [7, 11) is 3.16. The smallest absolute Gasteiger partial charge is 0.188 e. The van der Waals surface area contributed by atoms with Crippen molar-refractivity contribution in [1.82, 2.24) is 28.1 Å². The first-order valence-electron chi connectivity index (χ1n) is 15.7. The van der Waals surface area contributed by atoms with Crippen LogP contribution in [0.4, 0.5) is 0 Å². The Balaban J connectivity index is 0.000000175. The second-order valence-electron chi connectivity index (χ2n) is 12.7. The number of aromatic hydroxyl groups is 2. The molecule has 0 amide bonds. The fourth-order valence-electron chi connectivity index (χ4n) is 5.80. The van der Waals surface area contributed by atoms with Gasteiger partial charge in [0.15, 0.2) is 6.79 Å². The number of phenols is 2. The molecule has 0 atom stereocenters. The van der Waals surface area contributed by atoms with E-state index in [-0.39, 0.29) is 37.9 Å². The number of phenolic OH excluding ortho intramolecular Hbond substituents is 2. The number of fused-ring (bicyclic) bond motifs is 8. The predicted octanol–water partition coefficient (Wildman–Crippen LogP) is 6.48. The normalized spacial score (nSPS) is 12.0. The van der Waals surface area contributed by atoms with Gasteiger partial charge in [-0.1, -0.05) is 46.4 Å². The zero-order valence-electron chi connectivity index (χ0n) is 27.9. The molecule has 0 aliphatic carbocycles. The Bertz CT molecular complexity index is 2250. The lowest BCUT2D eigenvalue weighted by atomic mass is 9.86. The average Bonchev–Trinajstić information content (AvgIpc) is 3.93. The molecule has 4 aromatic carbocycles. The fourth-order valence-corrected chi connectivity index (χ4v) is 5.80. The highest BCUT2D eigenvalue weighted by Crippen LogP contribution is 2.41. The molecular weight excluding hydrogens is 628 g/mol. The van der Waals surface area contributed by atoms with E-state index in [1.54, 1.807) is 32.4 Å². The second-order valence-corrected chi connectivity index (χ2v) is 12.7. The number of aromatic nitrogens is 6. The summed E-state index contributed by atoms with van der Waals surface area (Å²) in [5.74, 6) is 1.83. The molecule has 0 saturated carbocycles. The van der Waals surface area contributed by atoms with Gasteiger partial charge in [-0.3, -0.25) is 0 Å². The topological polar surface area (TPSA) is 114 Å².